The van der Waals surface area contributed by atoms with Gasteiger partial charge in [-0.15, -0.1) is 0 Å². The number of carbonyl (C=O) groups excluding carboxylic acids is 1. The molecule has 1 amide bonds. The van der Waals surface area contributed by atoms with E-state index < -0.39 is 5.54 Å². The highest BCUT2D eigenvalue weighted by Gasteiger charge is 2.48. The first-order chi connectivity index (χ1) is 9.92. The lowest BCUT2D eigenvalue weighted by atomic mass is 9.99. The van der Waals surface area contributed by atoms with Crippen LogP contribution in [-0.2, 0) is 4.79 Å². The highest BCUT2D eigenvalue weighted by Crippen LogP contribution is 2.34. The third-order valence-electron chi connectivity index (χ3n) is 4.19. The van der Waals surface area contributed by atoms with E-state index in [0.29, 0.717) is 6.42 Å². The van der Waals surface area contributed by atoms with Crippen LogP contribution < -0.4 is 5.32 Å². The SMILES string of the molecule is CCC1(C)NC(c2cccc(F)c2)N(C(C)CSC)C1=O. The average Bonchev–Trinajstić information content (AvgIpc) is 2.72. The molecule has 0 spiro atoms. The molecular formula is C16H23FN2OS. The standard InChI is InChI=1S/C16H23FN2OS/c1-5-16(3)15(20)19(11(2)10-21-4)14(18-16)12-7-6-8-13(17)9-12/h6-9,11,14,18H,5,10H2,1-4H3. The minimum Gasteiger partial charge on any atom is -0.318 e. The van der Waals surface area contributed by atoms with E-state index in [1.54, 1.807) is 17.8 Å². The van der Waals surface area contributed by atoms with E-state index in [4.69, 9.17) is 0 Å². The predicted octanol–water partition coefficient (Wildman–Crippen LogP) is 3.18. The van der Waals surface area contributed by atoms with Crippen LogP contribution in [0.5, 0.6) is 0 Å². The molecule has 1 aromatic rings. The molecule has 5 heteroatoms. The molecule has 1 saturated heterocycles. The van der Waals surface area contributed by atoms with Crippen molar-refractivity contribution in [3.63, 3.8) is 0 Å². The first-order valence-corrected chi connectivity index (χ1v) is 8.67. The molecular weight excluding hydrogens is 287 g/mol. The van der Waals surface area contributed by atoms with Crippen molar-refractivity contribution in [3.05, 3.63) is 35.6 Å². The van der Waals surface area contributed by atoms with E-state index in [1.807, 2.05) is 38.0 Å². The van der Waals surface area contributed by atoms with Crippen molar-refractivity contribution in [1.82, 2.24) is 10.2 Å². The number of rotatable bonds is 5. The van der Waals surface area contributed by atoms with Gasteiger partial charge < -0.3 is 4.90 Å². The van der Waals surface area contributed by atoms with Gasteiger partial charge in [-0.2, -0.15) is 11.8 Å². The number of nitrogens with zero attached hydrogens (tertiary/aromatic N) is 1. The van der Waals surface area contributed by atoms with E-state index in [1.165, 1.54) is 12.1 Å². The zero-order chi connectivity index (χ0) is 15.6. The maximum Gasteiger partial charge on any atom is 0.244 e. The molecule has 21 heavy (non-hydrogen) atoms. The van der Waals surface area contributed by atoms with Gasteiger partial charge in [0, 0.05) is 11.8 Å². The first kappa shape index (κ1) is 16.3. The van der Waals surface area contributed by atoms with Crippen LogP contribution in [0.2, 0.25) is 0 Å². The molecule has 0 saturated carbocycles. The van der Waals surface area contributed by atoms with Crippen LogP contribution in [0.3, 0.4) is 0 Å². The van der Waals surface area contributed by atoms with E-state index in [0.717, 1.165) is 11.3 Å². The lowest BCUT2D eigenvalue weighted by Gasteiger charge is -2.30. The lowest BCUT2D eigenvalue weighted by Crippen LogP contribution is -2.44. The molecule has 3 atom stereocenters. The number of thioether (sulfide) groups is 1. The summed E-state index contributed by atoms with van der Waals surface area (Å²) in [6, 6.07) is 6.59. The van der Waals surface area contributed by atoms with Gasteiger partial charge in [0.1, 0.15) is 12.0 Å². The minimum absolute atomic E-state index is 0.0980. The van der Waals surface area contributed by atoms with E-state index in [-0.39, 0.29) is 23.9 Å². The summed E-state index contributed by atoms with van der Waals surface area (Å²) >= 11 is 1.71. The maximum atomic E-state index is 13.5. The van der Waals surface area contributed by atoms with Crippen LogP contribution in [0.1, 0.15) is 38.9 Å². The lowest BCUT2D eigenvalue weighted by molar-refractivity contribution is -0.134. The largest absolute Gasteiger partial charge is 0.318 e. The molecule has 0 aromatic heterocycles. The van der Waals surface area contributed by atoms with Crippen LogP contribution in [0.15, 0.2) is 24.3 Å². The maximum absolute atomic E-state index is 13.5. The Labute approximate surface area is 130 Å². The van der Waals surface area contributed by atoms with Crippen molar-refractivity contribution >= 4 is 17.7 Å². The van der Waals surface area contributed by atoms with Crippen LogP contribution >= 0.6 is 11.8 Å². The summed E-state index contributed by atoms with van der Waals surface area (Å²) in [6.45, 7) is 5.97. The van der Waals surface area contributed by atoms with Crippen molar-refractivity contribution < 1.29 is 9.18 Å². The Balaban J connectivity index is 2.39. The Kier molecular flexibility index (Phi) is 4.94. The molecule has 0 bridgehead atoms. The van der Waals surface area contributed by atoms with Crippen LogP contribution in [0, 0.1) is 5.82 Å². The molecule has 3 nitrogen and oxygen atoms in total. The van der Waals surface area contributed by atoms with Crippen LogP contribution in [-0.4, -0.2) is 34.4 Å². The molecule has 0 aliphatic carbocycles. The third-order valence-corrected chi connectivity index (χ3v) is 5.01. The number of halogens is 1. The summed E-state index contributed by atoms with van der Waals surface area (Å²) < 4.78 is 13.5. The predicted molar refractivity (Wildman–Crippen MR) is 85.7 cm³/mol. The zero-order valence-electron chi connectivity index (χ0n) is 13.0. The van der Waals surface area contributed by atoms with Crippen molar-refractivity contribution in [2.45, 2.75) is 44.9 Å². The van der Waals surface area contributed by atoms with Gasteiger partial charge in [-0.05, 0) is 44.2 Å². The number of carbonyl (C=O) groups is 1. The van der Waals surface area contributed by atoms with Gasteiger partial charge in [0.15, 0.2) is 0 Å². The second kappa shape index (κ2) is 6.36. The molecule has 1 heterocycles. The minimum atomic E-state index is -0.580. The van der Waals surface area contributed by atoms with Crippen molar-refractivity contribution in [3.8, 4) is 0 Å². The summed E-state index contributed by atoms with van der Waals surface area (Å²) in [5.74, 6) is 0.684. The number of benzene rings is 1. The van der Waals surface area contributed by atoms with Crippen molar-refractivity contribution in [2.75, 3.05) is 12.0 Å². The Hall–Kier alpha value is -1.07. The third kappa shape index (κ3) is 3.09. The number of hydrogen-bond acceptors (Lipinski definition) is 3. The normalized spacial score (nSPS) is 27.2. The molecule has 116 valence electrons. The highest BCUT2D eigenvalue weighted by molar-refractivity contribution is 7.98. The van der Waals surface area contributed by atoms with Crippen LogP contribution in [0.25, 0.3) is 0 Å². The summed E-state index contributed by atoms with van der Waals surface area (Å²) in [6.07, 6.45) is 2.47. The van der Waals surface area contributed by atoms with Gasteiger partial charge in [-0.3, -0.25) is 10.1 Å². The van der Waals surface area contributed by atoms with Gasteiger partial charge in [-0.1, -0.05) is 19.1 Å². The molecule has 1 fully saturated rings. The van der Waals surface area contributed by atoms with Gasteiger partial charge in [0.2, 0.25) is 5.91 Å². The second-order valence-corrected chi connectivity index (χ2v) is 6.72. The monoisotopic (exact) mass is 310 g/mol. The van der Waals surface area contributed by atoms with E-state index >= 15 is 0 Å². The topological polar surface area (TPSA) is 32.3 Å². The Morgan fingerprint density at radius 3 is 2.81 bits per heavy atom. The quantitative estimate of drug-likeness (QED) is 0.906. The fourth-order valence-electron chi connectivity index (χ4n) is 2.79. The Morgan fingerprint density at radius 2 is 2.24 bits per heavy atom. The summed E-state index contributed by atoms with van der Waals surface area (Å²) in [5.41, 5.74) is 0.220. The summed E-state index contributed by atoms with van der Waals surface area (Å²) in [4.78, 5) is 14.7. The molecule has 1 N–H and O–H groups in total. The second-order valence-electron chi connectivity index (χ2n) is 5.80. The molecule has 2 rings (SSSR count). The van der Waals surface area contributed by atoms with Gasteiger partial charge >= 0.3 is 0 Å². The Bertz CT molecular complexity index is 525. The average molecular weight is 310 g/mol. The van der Waals surface area contributed by atoms with Gasteiger partial charge in [-0.25, -0.2) is 4.39 Å². The van der Waals surface area contributed by atoms with E-state index in [2.05, 4.69) is 5.32 Å². The molecule has 1 aliphatic rings. The molecule has 3 unspecified atom stereocenters. The smallest absolute Gasteiger partial charge is 0.244 e. The highest BCUT2D eigenvalue weighted by atomic mass is 32.2. The number of amides is 1. The number of hydrogen-bond donors (Lipinski definition) is 1. The van der Waals surface area contributed by atoms with Gasteiger partial charge in [0.05, 0.1) is 5.54 Å². The van der Waals surface area contributed by atoms with Crippen molar-refractivity contribution in [2.24, 2.45) is 0 Å². The first-order valence-electron chi connectivity index (χ1n) is 7.28. The summed E-state index contributed by atoms with van der Waals surface area (Å²) in [5, 5.41) is 3.40. The van der Waals surface area contributed by atoms with Crippen LogP contribution in [0.4, 0.5) is 4.39 Å². The molecule has 0 radical (unpaired) electrons. The number of nitrogens with one attached hydrogen (secondary N) is 1. The molecule has 1 aromatic carbocycles. The van der Waals surface area contributed by atoms with Crippen molar-refractivity contribution in [1.29, 1.82) is 0 Å². The Morgan fingerprint density at radius 1 is 1.52 bits per heavy atom. The zero-order valence-corrected chi connectivity index (χ0v) is 13.8. The van der Waals surface area contributed by atoms with E-state index in [9.17, 15) is 9.18 Å². The van der Waals surface area contributed by atoms with Gasteiger partial charge in [0.25, 0.3) is 0 Å². The summed E-state index contributed by atoms with van der Waals surface area (Å²) in [7, 11) is 0. The fourth-order valence-corrected chi connectivity index (χ4v) is 3.43. The fraction of sp³-hybridized carbons (Fsp3) is 0.562. The molecule has 1 aliphatic heterocycles.